The highest BCUT2D eigenvalue weighted by molar-refractivity contribution is 5.93. The molecule has 0 aromatic heterocycles. The summed E-state index contributed by atoms with van der Waals surface area (Å²) in [5.74, 6) is 1.55. The summed E-state index contributed by atoms with van der Waals surface area (Å²) in [5.41, 5.74) is 3.47. The SMILES string of the molecule is CCN(C)Cc1cccc(CNC(=NC)Nc2cccc(OCCCOC)c2)c1. The Morgan fingerprint density at radius 1 is 1.07 bits per heavy atom. The number of hydrogen-bond acceptors (Lipinski definition) is 4. The standard InChI is InChI=1S/C23H34N4O2/c1-5-27(3)18-20-10-6-9-19(15-20)17-25-23(24-2)26-21-11-7-12-22(16-21)29-14-8-13-28-4/h6-7,9-12,15-16H,5,8,13-14,17-18H2,1-4H3,(H2,24,25,26). The van der Waals surface area contributed by atoms with Gasteiger partial charge in [0.1, 0.15) is 5.75 Å². The molecule has 6 heteroatoms. The van der Waals surface area contributed by atoms with E-state index in [2.05, 4.69) is 58.8 Å². The highest BCUT2D eigenvalue weighted by atomic mass is 16.5. The number of methoxy groups -OCH3 is 1. The van der Waals surface area contributed by atoms with Gasteiger partial charge in [-0.3, -0.25) is 4.99 Å². The van der Waals surface area contributed by atoms with E-state index in [9.17, 15) is 0 Å². The van der Waals surface area contributed by atoms with Gasteiger partial charge in [0.25, 0.3) is 0 Å². The fraction of sp³-hybridized carbons (Fsp3) is 0.435. The third-order valence-electron chi connectivity index (χ3n) is 4.53. The van der Waals surface area contributed by atoms with E-state index >= 15 is 0 Å². The number of nitrogens with one attached hydrogen (secondary N) is 2. The molecular formula is C23H34N4O2. The molecular weight excluding hydrogens is 364 g/mol. The number of rotatable bonds is 11. The summed E-state index contributed by atoms with van der Waals surface area (Å²) in [5, 5.41) is 6.70. The lowest BCUT2D eigenvalue weighted by molar-refractivity contribution is 0.172. The number of ether oxygens (including phenoxy) is 2. The Hall–Kier alpha value is -2.57. The lowest BCUT2D eigenvalue weighted by Crippen LogP contribution is -2.30. The molecule has 0 amide bonds. The summed E-state index contributed by atoms with van der Waals surface area (Å²) in [7, 11) is 5.60. The van der Waals surface area contributed by atoms with Crippen LogP contribution in [0.2, 0.25) is 0 Å². The van der Waals surface area contributed by atoms with E-state index in [4.69, 9.17) is 9.47 Å². The van der Waals surface area contributed by atoms with Crippen LogP contribution in [0, 0.1) is 0 Å². The quantitative estimate of drug-likeness (QED) is 0.343. The van der Waals surface area contributed by atoms with Crippen LogP contribution in [0.5, 0.6) is 5.75 Å². The first-order chi connectivity index (χ1) is 14.1. The zero-order chi connectivity index (χ0) is 20.9. The van der Waals surface area contributed by atoms with Crippen molar-refractivity contribution in [1.29, 1.82) is 0 Å². The number of benzene rings is 2. The van der Waals surface area contributed by atoms with Crippen LogP contribution in [0.15, 0.2) is 53.5 Å². The third kappa shape index (κ3) is 8.54. The molecule has 0 fully saturated rings. The van der Waals surface area contributed by atoms with E-state index in [-0.39, 0.29) is 0 Å². The zero-order valence-corrected chi connectivity index (χ0v) is 18.1. The Bertz CT molecular complexity index is 764. The first-order valence-electron chi connectivity index (χ1n) is 10.1. The van der Waals surface area contributed by atoms with Gasteiger partial charge < -0.3 is 25.0 Å². The maximum absolute atomic E-state index is 5.76. The Morgan fingerprint density at radius 3 is 2.62 bits per heavy atom. The zero-order valence-electron chi connectivity index (χ0n) is 18.1. The van der Waals surface area contributed by atoms with E-state index in [1.807, 2.05) is 24.3 Å². The van der Waals surface area contributed by atoms with E-state index in [1.54, 1.807) is 14.2 Å². The molecule has 0 atom stereocenters. The van der Waals surface area contributed by atoms with Gasteiger partial charge in [0.15, 0.2) is 5.96 Å². The number of nitrogens with zero attached hydrogens (tertiary/aromatic N) is 2. The second-order valence-electron chi connectivity index (χ2n) is 6.92. The van der Waals surface area contributed by atoms with Crippen molar-refractivity contribution in [3.05, 3.63) is 59.7 Å². The van der Waals surface area contributed by atoms with E-state index in [0.717, 1.165) is 36.9 Å². The molecule has 0 bridgehead atoms. The van der Waals surface area contributed by atoms with Gasteiger partial charge in [-0.05, 0) is 36.9 Å². The molecule has 29 heavy (non-hydrogen) atoms. The molecule has 2 rings (SSSR count). The molecule has 2 N–H and O–H groups in total. The normalized spacial score (nSPS) is 11.6. The van der Waals surface area contributed by atoms with Crippen molar-refractivity contribution < 1.29 is 9.47 Å². The summed E-state index contributed by atoms with van der Waals surface area (Å²) in [4.78, 5) is 6.62. The Balaban J connectivity index is 1.89. The Morgan fingerprint density at radius 2 is 1.86 bits per heavy atom. The predicted octanol–water partition coefficient (Wildman–Crippen LogP) is 3.74. The molecule has 0 aliphatic carbocycles. The number of guanidine groups is 1. The minimum atomic E-state index is 0.633. The first kappa shape index (κ1) is 22.7. The smallest absolute Gasteiger partial charge is 0.195 e. The number of aliphatic imine (C=N–C) groups is 1. The van der Waals surface area contributed by atoms with E-state index < -0.39 is 0 Å². The molecule has 2 aromatic carbocycles. The van der Waals surface area contributed by atoms with Crippen molar-refractivity contribution in [3.63, 3.8) is 0 Å². The van der Waals surface area contributed by atoms with Crippen LogP contribution >= 0.6 is 0 Å². The van der Waals surface area contributed by atoms with Gasteiger partial charge in [0, 0.05) is 52.0 Å². The molecule has 2 aromatic rings. The molecule has 0 radical (unpaired) electrons. The van der Waals surface area contributed by atoms with Gasteiger partial charge in [0.05, 0.1) is 6.61 Å². The van der Waals surface area contributed by atoms with Gasteiger partial charge in [-0.1, -0.05) is 37.3 Å². The maximum atomic E-state index is 5.76. The van der Waals surface area contributed by atoms with Crippen LogP contribution in [-0.4, -0.2) is 51.8 Å². The average Bonchev–Trinajstić information content (AvgIpc) is 2.74. The third-order valence-corrected chi connectivity index (χ3v) is 4.53. The largest absolute Gasteiger partial charge is 0.493 e. The van der Waals surface area contributed by atoms with Crippen LogP contribution in [0.25, 0.3) is 0 Å². The predicted molar refractivity (Wildman–Crippen MR) is 121 cm³/mol. The molecule has 0 aliphatic rings. The highest BCUT2D eigenvalue weighted by Gasteiger charge is 2.04. The molecule has 0 spiro atoms. The topological polar surface area (TPSA) is 58.1 Å². The Labute approximate surface area is 174 Å². The second-order valence-corrected chi connectivity index (χ2v) is 6.92. The van der Waals surface area contributed by atoms with Crippen LogP contribution < -0.4 is 15.4 Å². The minimum Gasteiger partial charge on any atom is -0.493 e. The summed E-state index contributed by atoms with van der Waals surface area (Å²) < 4.78 is 10.8. The van der Waals surface area contributed by atoms with E-state index in [0.29, 0.717) is 19.8 Å². The van der Waals surface area contributed by atoms with E-state index in [1.165, 1.54) is 11.1 Å². The molecule has 6 nitrogen and oxygen atoms in total. The second kappa shape index (κ2) is 12.8. The van der Waals surface area contributed by atoms with Crippen molar-refractivity contribution in [2.24, 2.45) is 4.99 Å². The lowest BCUT2D eigenvalue weighted by atomic mass is 10.1. The first-order valence-corrected chi connectivity index (χ1v) is 10.1. The van der Waals surface area contributed by atoms with Crippen LogP contribution in [0.1, 0.15) is 24.5 Å². The molecule has 0 unspecified atom stereocenters. The Kier molecular flexibility index (Phi) is 10.0. The fourth-order valence-corrected chi connectivity index (χ4v) is 2.82. The summed E-state index contributed by atoms with van der Waals surface area (Å²) in [6.45, 7) is 6.19. The van der Waals surface area contributed by atoms with Crippen LogP contribution in [0.4, 0.5) is 5.69 Å². The van der Waals surface area contributed by atoms with Gasteiger partial charge in [-0.25, -0.2) is 0 Å². The van der Waals surface area contributed by atoms with Crippen LogP contribution in [-0.2, 0) is 17.8 Å². The number of anilines is 1. The minimum absolute atomic E-state index is 0.633. The van der Waals surface area contributed by atoms with Crippen molar-refractivity contribution in [1.82, 2.24) is 10.2 Å². The highest BCUT2D eigenvalue weighted by Crippen LogP contribution is 2.17. The van der Waals surface area contributed by atoms with Crippen molar-refractivity contribution in [2.75, 3.05) is 46.3 Å². The van der Waals surface area contributed by atoms with Gasteiger partial charge in [-0.2, -0.15) is 0 Å². The van der Waals surface area contributed by atoms with Crippen molar-refractivity contribution in [3.8, 4) is 5.75 Å². The monoisotopic (exact) mass is 398 g/mol. The molecule has 0 saturated carbocycles. The molecule has 0 aliphatic heterocycles. The van der Waals surface area contributed by atoms with Gasteiger partial charge >= 0.3 is 0 Å². The maximum Gasteiger partial charge on any atom is 0.195 e. The molecule has 158 valence electrons. The summed E-state index contributed by atoms with van der Waals surface area (Å²) >= 11 is 0. The van der Waals surface area contributed by atoms with Gasteiger partial charge in [0.2, 0.25) is 0 Å². The van der Waals surface area contributed by atoms with Crippen molar-refractivity contribution >= 4 is 11.6 Å². The fourth-order valence-electron chi connectivity index (χ4n) is 2.82. The summed E-state index contributed by atoms with van der Waals surface area (Å²) in [6, 6.07) is 16.5. The van der Waals surface area contributed by atoms with Crippen LogP contribution in [0.3, 0.4) is 0 Å². The summed E-state index contributed by atoms with van der Waals surface area (Å²) in [6.07, 6.45) is 0.866. The molecule has 0 saturated heterocycles. The van der Waals surface area contributed by atoms with Gasteiger partial charge in [-0.15, -0.1) is 0 Å². The van der Waals surface area contributed by atoms with Crippen molar-refractivity contribution in [2.45, 2.75) is 26.4 Å². The average molecular weight is 399 g/mol. The molecule has 0 heterocycles. The number of hydrogen-bond donors (Lipinski definition) is 2. The lowest BCUT2D eigenvalue weighted by Gasteiger charge is -2.16.